The van der Waals surface area contributed by atoms with Crippen LogP contribution in [0.25, 0.3) is 0 Å². The second-order valence-electron chi connectivity index (χ2n) is 8.01. The Morgan fingerprint density at radius 3 is 1.68 bits per heavy atom. The molecular formula is C15H29FN2S. The highest BCUT2D eigenvalue weighted by molar-refractivity contribution is 8.31. The second-order valence-corrected chi connectivity index (χ2v) is 12.0. The van der Waals surface area contributed by atoms with Gasteiger partial charge in [0.05, 0.1) is 11.7 Å². The zero-order valence-electron chi connectivity index (χ0n) is 13.8. The molecular weight excluding hydrogens is 259 g/mol. The lowest BCUT2D eigenvalue weighted by atomic mass is 10.1. The van der Waals surface area contributed by atoms with Crippen molar-refractivity contribution in [2.75, 3.05) is 0 Å². The predicted octanol–water partition coefficient (Wildman–Crippen LogP) is 5.28. The highest BCUT2D eigenvalue weighted by atomic mass is 32.3. The van der Waals surface area contributed by atoms with E-state index < -0.39 is 19.9 Å². The Morgan fingerprint density at radius 2 is 1.37 bits per heavy atom. The van der Waals surface area contributed by atoms with E-state index >= 15 is 3.89 Å². The fourth-order valence-corrected chi connectivity index (χ4v) is 6.45. The van der Waals surface area contributed by atoms with Crippen LogP contribution in [0.3, 0.4) is 0 Å². The summed E-state index contributed by atoms with van der Waals surface area (Å²) in [6.07, 6.45) is 1.72. The molecule has 1 aromatic rings. The average Bonchev–Trinajstić information content (AvgIpc) is 2.59. The van der Waals surface area contributed by atoms with Crippen molar-refractivity contribution in [1.82, 2.24) is 9.78 Å². The lowest BCUT2D eigenvalue weighted by molar-refractivity contribution is 0.325. The fraction of sp³-hybridized carbons (Fsp3) is 0.800. The number of hydrogen-bond acceptors (Lipinski definition) is 1. The van der Waals surface area contributed by atoms with E-state index in [0.29, 0.717) is 0 Å². The first-order valence-corrected chi connectivity index (χ1v) is 8.33. The summed E-state index contributed by atoms with van der Waals surface area (Å²) in [5.41, 5.74) is -0.209. The third-order valence-corrected chi connectivity index (χ3v) is 7.48. The summed E-state index contributed by atoms with van der Waals surface area (Å²) in [6.45, 7) is 18.2. The molecule has 2 nitrogen and oxygen atoms in total. The van der Waals surface area contributed by atoms with Crippen LogP contribution in [-0.4, -0.2) is 19.3 Å². The third kappa shape index (κ3) is 2.69. The van der Waals surface area contributed by atoms with Crippen LogP contribution < -0.4 is 0 Å². The highest BCUT2D eigenvalue weighted by Crippen LogP contribution is 2.74. The summed E-state index contributed by atoms with van der Waals surface area (Å²) in [6, 6.07) is 1.86. The highest BCUT2D eigenvalue weighted by Gasteiger charge is 2.50. The van der Waals surface area contributed by atoms with Gasteiger partial charge < -0.3 is 0 Å². The molecule has 1 rings (SSSR count). The smallest absolute Gasteiger partial charge is 0.105 e. The zero-order valence-corrected chi connectivity index (χ0v) is 14.7. The summed E-state index contributed by atoms with van der Waals surface area (Å²) in [7, 11) is -2.52. The second kappa shape index (κ2) is 4.51. The molecule has 1 heterocycles. The molecule has 4 heteroatoms. The van der Waals surface area contributed by atoms with Gasteiger partial charge in [-0.3, -0.25) is 4.68 Å². The molecule has 1 aromatic heterocycles. The Bertz CT molecular complexity index is 430. The molecule has 0 saturated heterocycles. The molecule has 112 valence electrons. The molecule has 0 unspecified atom stereocenters. The standard InChI is InChI=1S/C15H29FN2S/c1-13(2,3)18-12(10-11-17-18)19(16,14(4,5)6)15(7,8)9/h10-11H,1-9H3. The van der Waals surface area contributed by atoms with Crippen LogP contribution in [0.4, 0.5) is 3.89 Å². The van der Waals surface area contributed by atoms with Gasteiger partial charge in [0.1, 0.15) is 5.03 Å². The minimum absolute atomic E-state index is 0.209. The van der Waals surface area contributed by atoms with Gasteiger partial charge in [-0.1, -0.05) is 0 Å². The van der Waals surface area contributed by atoms with Crippen molar-refractivity contribution in [3.8, 4) is 0 Å². The molecule has 0 N–H and O–H groups in total. The normalized spacial score (nSPS) is 15.7. The minimum Gasteiger partial charge on any atom is -0.253 e. The van der Waals surface area contributed by atoms with Crippen molar-refractivity contribution in [2.45, 2.75) is 82.4 Å². The maximum Gasteiger partial charge on any atom is 0.105 e. The lowest BCUT2D eigenvalue weighted by Crippen LogP contribution is -2.38. The monoisotopic (exact) mass is 288 g/mol. The first-order valence-electron chi connectivity index (χ1n) is 6.79. The Morgan fingerprint density at radius 1 is 0.947 bits per heavy atom. The van der Waals surface area contributed by atoms with Gasteiger partial charge in [0.2, 0.25) is 0 Å². The van der Waals surface area contributed by atoms with Crippen LogP contribution in [0.15, 0.2) is 17.3 Å². The van der Waals surface area contributed by atoms with Crippen LogP contribution in [-0.2, 0) is 5.54 Å². The van der Waals surface area contributed by atoms with E-state index in [4.69, 9.17) is 0 Å². The van der Waals surface area contributed by atoms with Crippen LogP contribution in [0, 0.1) is 0 Å². The van der Waals surface area contributed by atoms with E-state index in [1.165, 1.54) is 0 Å². The predicted molar refractivity (Wildman–Crippen MR) is 83.7 cm³/mol. The van der Waals surface area contributed by atoms with E-state index in [-0.39, 0.29) is 5.54 Å². The van der Waals surface area contributed by atoms with Crippen LogP contribution >= 0.6 is 10.4 Å². The molecule has 19 heavy (non-hydrogen) atoms. The maximum absolute atomic E-state index is 16.2. The van der Waals surface area contributed by atoms with Crippen molar-refractivity contribution in [3.05, 3.63) is 12.3 Å². The molecule has 0 aliphatic carbocycles. The van der Waals surface area contributed by atoms with Crippen molar-refractivity contribution < 1.29 is 3.89 Å². The zero-order chi connectivity index (χ0) is 15.3. The van der Waals surface area contributed by atoms with Crippen LogP contribution in [0.1, 0.15) is 62.3 Å². The van der Waals surface area contributed by atoms with Crippen molar-refractivity contribution in [2.24, 2.45) is 0 Å². The van der Waals surface area contributed by atoms with Gasteiger partial charge in [-0.05, 0) is 78.8 Å². The maximum atomic E-state index is 16.2. The quantitative estimate of drug-likeness (QED) is 0.687. The molecule has 0 atom stereocenters. The largest absolute Gasteiger partial charge is 0.253 e. The van der Waals surface area contributed by atoms with Crippen molar-refractivity contribution in [1.29, 1.82) is 0 Å². The van der Waals surface area contributed by atoms with Crippen molar-refractivity contribution in [3.63, 3.8) is 0 Å². The first-order chi connectivity index (χ1) is 8.23. The van der Waals surface area contributed by atoms with E-state index in [1.54, 1.807) is 6.20 Å². The van der Waals surface area contributed by atoms with Gasteiger partial charge in [0.25, 0.3) is 0 Å². The lowest BCUT2D eigenvalue weighted by Gasteiger charge is -2.52. The number of hydrogen-bond donors (Lipinski definition) is 0. The van der Waals surface area contributed by atoms with E-state index in [9.17, 15) is 0 Å². The van der Waals surface area contributed by atoms with Crippen LogP contribution in [0.2, 0.25) is 0 Å². The minimum atomic E-state index is -2.52. The van der Waals surface area contributed by atoms with Gasteiger partial charge >= 0.3 is 0 Å². The fourth-order valence-electron chi connectivity index (χ4n) is 2.55. The van der Waals surface area contributed by atoms with Crippen molar-refractivity contribution >= 4 is 10.4 Å². The summed E-state index contributed by atoms with van der Waals surface area (Å²) >= 11 is 0. The molecule has 0 fully saturated rings. The molecule has 0 bridgehead atoms. The number of aromatic nitrogens is 2. The summed E-state index contributed by atoms with van der Waals surface area (Å²) in [5.74, 6) is 0. The Kier molecular flexibility index (Phi) is 3.92. The SMILES string of the molecule is CC(C)(C)n1nccc1S(F)(C(C)(C)C)C(C)(C)C. The Balaban J connectivity index is 3.59. The molecule has 0 saturated carbocycles. The van der Waals surface area contributed by atoms with Gasteiger partial charge in [-0.2, -0.15) is 8.98 Å². The number of nitrogens with zero attached hydrogens (tertiary/aromatic N) is 2. The molecule has 0 spiro atoms. The van der Waals surface area contributed by atoms with E-state index in [2.05, 4.69) is 25.9 Å². The molecule has 0 aliphatic rings. The van der Waals surface area contributed by atoms with Gasteiger partial charge in [-0.25, -0.2) is 0 Å². The van der Waals surface area contributed by atoms with E-state index in [1.807, 2.05) is 52.3 Å². The van der Waals surface area contributed by atoms with Gasteiger partial charge in [-0.15, -0.1) is 0 Å². The summed E-state index contributed by atoms with van der Waals surface area (Å²) in [5, 5.41) is 5.13. The van der Waals surface area contributed by atoms with Gasteiger partial charge in [0.15, 0.2) is 0 Å². The summed E-state index contributed by atoms with van der Waals surface area (Å²) in [4.78, 5) is 0. The molecule has 0 aromatic carbocycles. The molecule has 0 amide bonds. The Hall–Kier alpha value is -0.510. The van der Waals surface area contributed by atoms with E-state index in [0.717, 1.165) is 5.03 Å². The topological polar surface area (TPSA) is 17.8 Å². The first kappa shape index (κ1) is 16.5. The molecule has 0 radical (unpaired) electrons. The van der Waals surface area contributed by atoms with Gasteiger partial charge in [0, 0.05) is 9.49 Å². The average molecular weight is 288 g/mol. The number of rotatable bonds is 1. The third-order valence-electron chi connectivity index (χ3n) is 3.22. The Labute approximate surface area is 119 Å². The molecule has 0 aliphatic heterocycles. The number of halogens is 1. The summed E-state index contributed by atoms with van der Waals surface area (Å²) < 4.78 is 17.2. The van der Waals surface area contributed by atoms with Crippen LogP contribution in [0.5, 0.6) is 0 Å².